The molecule has 38 heavy (non-hydrogen) atoms. The van der Waals surface area contributed by atoms with Gasteiger partial charge in [-0.1, -0.05) is 66.2 Å². The van der Waals surface area contributed by atoms with Crippen LogP contribution in [0.1, 0.15) is 11.1 Å². The van der Waals surface area contributed by atoms with E-state index in [1.165, 1.54) is 11.1 Å². The lowest BCUT2D eigenvalue weighted by atomic mass is 10.0. The second-order valence-corrected chi connectivity index (χ2v) is 9.08. The average molecular weight is 508 g/mol. The Balaban J connectivity index is 1.47. The van der Waals surface area contributed by atoms with Crippen LogP contribution in [0.5, 0.6) is 5.75 Å². The van der Waals surface area contributed by atoms with Gasteiger partial charge in [0, 0.05) is 30.2 Å². The van der Waals surface area contributed by atoms with Crippen molar-refractivity contribution in [2.75, 3.05) is 25.2 Å². The van der Waals surface area contributed by atoms with Gasteiger partial charge in [-0.15, -0.1) is 0 Å². The van der Waals surface area contributed by atoms with E-state index in [9.17, 15) is 4.79 Å². The van der Waals surface area contributed by atoms with Crippen molar-refractivity contribution in [1.82, 2.24) is 0 Å². The van der Waals surface area contributed by atoms with E-state index in [-0.39, 0.29) is 19.3 Å². The van der Waals surface area contributed by atoms with E-state index < -0.39 is 5.97 Å². The predicted octanol–water partition coefficient (Wildman–Crippen LogP) is 7.56. The maximum absolute atomic E-state index is 11.3. The number of ether oxygens (including phenoxy) is 3. The lowest BCUT2D eigenvalue weighted by molar-refractivity contribution is -0.141. The number of carbonyl (C=O) groups is 1. The molecule has 0 aliphatic rings. The minimum atomic E-state index is -0.483. The molecule has 0 saturated heterocycles. The first kappa shape index (κ1) is 26.7. The fourth-order valence-corrected chi connectivity index (χ4v) is 3.99. The molecule has 4 aromatic rings. The Hall–Kier alpha value is -4.35. The van der Waals surface area contributed by atoms with Crippen LogP contribution in [-0.2, 0) is 14.3 Å². The lowest BCUT2D eigenvalue weighted by Gasteiger charge is -2.26. The molecule has 0 aliphatic carbocycles. The summed E-state index contributed by atoms with van der Waals surface area (Å²) < 4.78 is 16.2. The highest BCUT2D eigenvalue weighted by atomic mass is 16.6. The second kappa shape index (κ2) is 12.7. The summed E-state index contributed by atoms with van der Waals surface area (Å²) >= 11 is 0. The molecule has 5 nitrogen and oxygen atoms in total. The van der Waals surface area contributed by atoms with Crippen LogP contribution >= 0.6 is 0 Å². The highest BCUT2D eigenvalue weighted by Gasteiger charge is 2.13. The van der Waals surface area contributed by atoms with Crippen LogP contribution in [0.25, 0.3) is 11.1 Å². The molecule has 4 aromatic carbocycles. The third-order valence-electron chi connectivity index (χ3n) is 6.24. The molecule has 194 valence electrons. The van der Waals surface area contributed by atoms with E-state index in [1.54, 1.807) is 7.11 Å². The third kappa shape index (κ3) is 6.90. The largest absolute Gasteiger partial charge is 0.491 e. The van der Waals surface area contributed by atoms with Crippen molar-refractivity contribution in [1.29, 1.82) is 0 Å². The highest BCUT2D eigenvalue weighted by Crippen LogP contribution is 2.36. The standard InChI is InChI=1S/C33H33NO4/c1-5-33(35)38-23-32(36-4)22-37-31-20-12-27(13-21-31)26-10-18-30(19-11-26)34(28-14-6-24(2)7-15-28)29-16-8-25(3)9-17-29/h5-21,32H,1,22-23H2,2-4H3. The van der Waals surface area contributed by atoms with Crippen LogP contribution in [0.4, 0.5) is 17.1 Å². The Morgan fingerprint density at radius 2 is 1.18 bits per heavy atom. The second-order valence-electron chi connectivity index (χ2n) is 9.08. The Bertz CT molecular complexity index is 1280. The van der Waals surface area contributed by atoms with E-state index in [4.69, 9.17) is 14.2 Å². The lowest BCUT2D eigenvalue weighted by Crippen LogP contribution is -2.27. The van der Waals surface area contributed by atoms with Crippen molar-refractivity contribution < 1.29 is 19.0 Å². The van der Waals surface area contributed by atoms with Crippen molar-refractivity contribution in [3.8, 4) is 16.9 Å². The number of methoxy groups -OCH3 is 1. The molecule has 0 fully saturated rings. The van der Waals surface area contributed by atoms with Gasteiger partial charge in [-0.2, -0.15) is 0 Å². The number of nitrogens with zero attached hydrogens (tertiary/aromatic N) is 1. The summed E-state index contributed by atoms with van der Waals surface area (Å²) in [7, 11) is 1.56. The van der Waals surface area contributed by atoms with E-state index in [0.717, 1.165) is 34.3 Å². The Labute approximate surface area is 224 Å². The summed E-state index contributed by atoms with van der Waals surface area (Å²) in [6.07, 6.45) is 0.762. The summed E-state index contributed by atoms with van der Waals surface area (Å²) in [6, 6.07) is 33.6. The van der Waals surface area contributed by atoms with Crippen molar-refractivity contribution in [3.05, 3.63) is 121 Å². The summed E-state index contributed by atoms with van der Waals surface area (Å²) in [5.41, 5.74) is 7.97. The Kier molecular flexibility index (Phi) is 8.96. The summed E-state index contributed by atoms with van der Waals surface area (Å²) in [5, 5.41) is 0. The van der Waals surface area contributed by atoms with Gasteiger partial charge in [-0.25, -0.2) is 4.79 Å². The van der Waals surface area contributed by atoms with E-state index >= 15 is 0 Å². The monoisotopic (exact) mass is 507 g/mol. The summed E-state index contributed by atoms with van der Waals surface area (Å²) in [5.74, 6) is 0.232. The highest BCUT2D eigenvalue weighted by molar-refractivity contribution is 5.81. The topological polar surface area (TPSA) is 48.0 Å². The van der Waals surface area contributed by atoms with Crippen molar-refractivity contribution in [2.24, 2.45) is 0 Å². The van der Waals surface area contributed by atoms with E-state index in [0.29, 0.717) is 5.75 Å². The van der Waals surface area contributed by atoms with Gasteiger partial charge in [0.15, 0.2) is 0 Å². The smallest absolute Gasteiger partial charge is 0.330 e. The van der Waals surface area contributed by atoms with Crippen LogP contribution in [-0.4, -0.2) is 32.4 Å². The first-order valence-electron chi connectivity index (χ1n) is 12.6. The summed E-state index contributed by atoms with van der Waals surface area (Å²) in [4.78, 5) is 13.5. The van der Waals surface area contributed by atoms with Gasteiger partial charge in [0.05, 0.1) is 0 Å². The molecule has 1 unspecified atom stereocenters. The molecule has 1 atom stereocenters. The number of aryl methyl sites for hydroxylation is 2. The molecule has 0 heterocycles. The number of esters is 1. The molecule has 0 bridgehead atoms. The molecule has 4 rings (SSSR count). The van der Waals surface area contributed by atoms with Gasteiger partial charge in [0.2, 0.25) is 0 Å². The van der Waals surface area contributed by atoms with Gasteiger partial charge in [0.1, 0.15) is 25.1 Å². The number of benzene rings is 4. The van der Waals surface area contributed by atoms with Crippen LogP contribution in [0.2, 0.25) is 0 Å². The molecule has 0 saturated carbocycles. The first-order valence-corrected chi connectivity index (χ1v) is 12.6. The van der Waals surface area contributed by atoms with E-state index in [2.05, 4.69) is 98.1 Å². The molecule has 5 heteroatoms. The third-order valence-corrected chi connectivity index (χ3v) is 6.24. The van der Waals surface area contributed by atoms with Crippen molar-refractivity contribution >= 4 is 23.0 Å². The zero-order chi connectivity index (χ0) is 26.9. The summed E-state index contributed by atoms with van der Waals surface area (Å²) in [6.45, 7) is 7.96. The van der Waals surface area contributed by atoms with Gasteiger partial charge >= 0.3 is 5.97 Å². The predicted molar refractivity (Wildman–Crippen MR) is 153 cm³/mol. The van der Waals surface area contributed by atoms with Crippen LogP contribution < -0.4 is 9.64 Å². The molecule has 0 N–H and O–H groups in total. The fraction of sp³-hybridized carbons (Fsp3) is 0.182. The van der Waals surface area contributed by atoms with Gasteiger partial charge in [-0.3, -0.25) is 0 Å². The molecule has 0 radical (unpaired) electrons. The zero-order valence-electron chi connectivity index (χ0n) is 22.1. The van der Waals surface area contributed by atoms with Crippen LogP contribution in [0.15, 0.2) is 110 Å². The number of rotatable bonds is 11. The molecule has 0 spiro atoms. The van der Waals surface area contributed by atoms with Crippen LogP contribution in [0, 0.1) is 13.8 Å². The number of hydrogen-bond donors (Lipinski definition) is 0. The quantitative estimate of drug-likeness (QED) is 0.155. The average Bonchev–Trinajstić information content (AvgIpc) is 2.96. The van der Waals surface area contributed by atoms with Crippen LogP contribution in [0.3, 0.4) is 0 Å². The molecule has 0 aliphatic heterocycles. The molecular formula is C33H33NO4. The SMILES string of the molecule is C=CC(=O)OCC(COc1ccc(-c2ccc(N(c3ccc(C)cc3)c3ccc(C)cc3)cc2)cc1)OC. The minimum Gasteiger partial charge on any atom is -0.491 e. The number of anilines is 3. The first-order chi connectivity index (χ1) is 18.5. The fourth-order valence-electron chi connectivity index (χ4n) is 3.99. The maximum atomic E-state index is 11.3. The molecular weight excluding hydrogens is 474 g/mol. The molecule has 0 aromatic heterocycles. The normalized spacial score (nSPS) is 11.4. The Morgan fingerprint density at radius 3 is 1.63 bits per heavy atom. The number of hydrogen-bond acceptors (Lipinski definition) is 5. The van der Waals surface area contributed by atoms with E-state index in [1.807, 2.05) is 24.3 Å². The van der Waals surface area contributed by atoms with Gasteiger partial charge < -0.3 is 19.1 Å². The molecule has 0 amide bonds. The zero-order valence-corrected chi connectivity index (χ0v) is 22.1. The van der Waals surface area contributed by atoms with Gasteiger partial charge in [-0.05, 0) is 73.5 Å². The van der Waals surface area contributed by atoms with Crippen molar-refractivity contribution in [3.63, 3.8) is 0 Å². The number of carbonyl (C=O) groups excluding carboxylic acids is 1. The Morgan fingerprint density at radius 1 is 0.737 bits per heavy atom. The van der Waals surface area contributed by atoms with Gasteiger partial charge in [0.25, 0.3) is 0 Å². The minimum absolute atomic E-state index is 0.105. The maximum Gasteiger partial charge on any atom is 0.330 e. The van der Waals surface area contributed by atoms with Crippen molar-refractivity contribution in [2.45, 2.75) is 20.0 Å².